The Kier molecular flexibility index (Phi) is 10.7. The Hall–Kier alpha value is -8.40. The van der Waals surface area contributed by atoms with E-state index in [-0.39, 0.29) is 0 Å². The highest BCUT2D eigenvalue weighted by atomic mass is 14.8. The summed E-state index contributed by atoms with van der Waals surface area (Å²) in [6, 6.07) is 63.4. The van der Waals surface area contributed by atoms with Crippen LogP contribution in [0.2, 0.25) is 0 Å². The van der Waals surface area contributed by atoms with Gasteiger partial charge >= 0.3 is 0 Å². The van der Waals surface area contributed by atoms with Crippen LogP contribution in [0.15, 0.2) is 226 Å². The first-order valence-corrected chi connectivity index (χ1v) is 21.6. The number of nitrogens with one attached hydrogen (secondary N) is 1. The van der Waals surface area contributed by atoms with Crippen molar-refractivity contribution >= 4 is 71.5 Å². The molecule has 304 valence electrons. The lowest BCUT2D eigenvalue weighted by atomic mass is 9.87. The molecular formula is C61H45N3. The molecule has 9 aromatic carbocycles. The van der Waals surface area contributed by atoms with Gasteiger partial charge in [-0.2, -0.15) is 0 Å². The van der Waals surface area contributed by atoms with Crippen LogP contribution in [0.25, 0.3) is 110 Å². The van der Waals surface area contributed by atoms with Gasteiger partial charge in [-0.05, 0) is 119 Å². The van der Waals surface area contributed by atoms with Crippen molar-refractivity contribution in [2.24, 2.45) is 0 Å². The Labute approximate surface area is 374 Å². The zero-order chi connectivity index (χ0) is 43.6. The average molecular weight is 820 g/mol. The summed E-state index contributed by atoms with van der Waals surface area (Å²) in [5, 5.41) is 13.2. The van der Waals surface area contributed by atoms with E-state index >= 15 is 0 Å². The predicted molar refractivity (Wildman–Crippen MR) is 277 cm³/mol. The molecule has 0 aliphatic heterocycles. The highest BCUT2D eigenvalue weighted by Gasteiger charge is 2.16. The third-order valence-corrected chi connectivity index (χ3v) is 12.3. The number of aromatic nitrogens is 2. The van der Waals surface area contributed by atoms with Gasteiger partial charge in [-0.3, -0.25) is 9.97 Å². The molecule has 2 aromatic heterocycles. The Morgan fingerprint density at radius 2 is 1.05 bits per heavy atom. The zero-order valence-corrected chi connectivity index (χ0v) is 35.7. The van der Waals surface area contributed by atoms with Gasteiger partial charge in [0.2, 0.25) is 0 Å². The molecule has 0 atom stereocenters. The van der Waals surface area contributed by atoms with E-state index in [0.717, 1.165) is 49.8 Å². The predicted octanol–water partition coefficient (Wildman–Crippen LogP) is 16.5. The molecule has 0 bridgehead atoms. The molecule has 0 amide bonds. The maximum atomic E-state index is 4.68. The normalized spacial score (nSPS) is 11.5. The van der Waals surface area contributed by atoms with Crippen LogP contribution in [-0.4, -0.2) is 17.0 Å². The van der Waals surface area contributed by atoms with E-state index in [1.54, 1.807) is 6.08 Å². The van der Waals surface area contributed by atoms with Crippen LogP contribution in [0.4, 0.5) is 5.69 Å². The Morgan fingerprint density at radius 1 is 0.484 bits per heavy atom. The second-order valence-corrected chi connectivity index (χ2v) is 15.9. The van der Waals surface area contributed by atoms with Crippen molar-refractivity contribution in [1.29, 1.82) is 0 Å². The number of fused-ring (bicyclic) bond motifs is 2. The maximum absolute atomic E-state index is 4.68. The number of para-hydroxylation sites is 1. The van der Waals surface area contributed by atoms with Crippen molar-refractivity contribution in [1.82, 2.24) is 9.97 Å². The summed E-state index contributed by atoms with van der Waals surface area (Å²) in [6.07, 6.45) is 11.2. The molecule has 64 heavy (non-hydrogen) atoms. The third kappa shape index (κ3) is 7.29. The van der Waals surface area contributed by atoms with E-state index in [1.807, 2.05) is 61.9 Å². The fourth-order valence-electron chi connectivity index (χ4n) is 9.12. The maximum Gasteiger partial charge on any atom is 0.0702 e. The summed E-state index contributed by atoms with van der Waals surface area (Å²) in [5.74, 6) is 0. The van der Waals surface area contributed by atoms with Crippen molar-refractivity contribution < 1.29 is 0 Å². The van der Waals surface area contributed by atoms with Gasteiger partial charge in [0.15, 0.2) is 0 Å². The van der Waals surface area contributed by atoms with Gasteiger partial charge in [0.05, 0.1) is 11.0 Å². The monoisotopic (exact) mass is 819 g/mol. The minimum atomic E-state index is 1.02. The number of anilines is 1. The minimum absolute atomic E-state index is 1.02. The standard InChI is InChI=1S/C46H28N2.C15H17N/c1-2-6-43-36(4-1)27-38(28-48-43)30-9-13-32(14-10-30)40-21-16-34-17-22-41-39(20-15-33-18-23-42(40)46(34)45(33)41)31-11-7-29(8-12-31)35-19-24-44-37(26-35)5-3-25-47-44;1-5-9-12(6-2)14-10-8-11-15(16-4)13(14)7-3/h1-28H;5-11,16H,1-3H2,4H3/b;12-9+. The van der Waals surface area contributed by atoms with Crippen LogP contribution in [0, 0.1) is 0 Å². The van der Waals surface area contributed by atoms with E-state index in [2.05, 4.69) is 187 Å². The highest BCUT2D eigenvalue weighted by Crippen LogP contribution is 2.43. The number of hydrogen-bond donors (Lipinski definition) is 1. The zero-order valence-electron chi connectivity index (χ0n) is 35.7. The van der Waals surface area contributed by atoms with Gasteiger partial charge in [-0.15, -0.1) is 0 Å². The number of hydrogen-bond acceptors (Lipinski definition) is 3. The molecule has 0 saturated heterocycles. The van der Waals surface area contributed by atoms with E-state index in [9.17, 15) is 0 Å². The highest BCUT2D eigenvalue weighted by molar-refractivity contribution is 6.27. The molecule has 0 unspecified atom stereocenters. The first-order chi connectivity index (χ1) is 31.5. The fraction of sp³-hybridized carbons (Fsp3) is 0.0164. The lowest BCUT2D eigenvalue weighted by Gasteiger charge is -2.17. The van der Waals surface area contributed by atoms with Crippen molar-refractivity contribution in [2.75, 3.05) is 12.4 Å². The minimum Gasteiger partial charge on any atom is -0.388 e. The molecule has 0 aliphatic rings. The fourth-order valence-corrected chi connectivity index (χ4v) is 9.12. The topological polar surface area (TPSA) is 37.8 Å². The lowest BCUT2D eigenvalue weighted by Crippen LogP contribution is -1.95. The van der Waals surface area contributed by atoms with Gasteiger partial charge in [0.1, 0.15) is 0 Å². The Bertz CT molecular complexity index is 3380. The molecule has 0 fully saturated rings. The number of rotatable bonds is 9. The molecule has 11 rings (SSSR count). The van der Waals surface area contributed by atoms with Crippen LogP contribution in [-0.2, 0) is 0 Å². The van der Waals surface area contributed by atoms with E-state index in [1.165, 1.54) is 71.3 Å². The molecule has 3 heteroatoms. The molecule has 0 radical (unpaired) electrons. The lowest BCUT2D eigenvalue weighted by molar-refractivity contribution is 1.41. The van der Waals surface area contributed by atoms with E-state index in [0.29, 0.717) is 0 Å². The van der Waals surface area contributed by atoms with Crippen molar-refractivity contribution in [2.45, 2.75) is 0 Å². The van der Waals surface area contributed by atoms with Crippen molar-refractivity contribution in [3.8, 4) is 44.5 Å². The summed E-state index contributed by atoms with van der Waals surface area (Å²) in [4.78, 5) is 9.16. The first kappa shape index (κ1) is 39.7. The molecule has 2 heterocycles. The summed E-state index contributed by atoms with van der Waals surface area (Å²) >= 11 is 0. The number of nitrogens with zero attached hydrogens (tertiary/aromatic N) is 2. The second kappa shape index (κ2) is 17.2. The Balaban J connectivity index is 0.000000259. The molecule has 1 N–H and O–H groups in total. The Morgan fingerprint density at radius 3 is 1.67 bits per heavy atom. The number of benzene rings is 9. The van der Waals surface area contributed by atoms with Crippen molar-refractivity contribution in [3.05, 3.63) is 237 Å². The van der Waals surface area contributed by atoms with Crippen LogP contribution in [0.1, 0.15) is 11.1 Å². The van der Waals surface area contributed by atoms with Gasteiger partial charge in [-0.1, -0.05) is 184 Å². The largest absolute Gasteiger partial charge is 0.388 e. The number of pyridine rings is 2. The van der Waals surface area contributed by atoms with Crippen LogP contribution in [0.5, 0.6) is 0 Å². The third-order valence-electron chi connectivity index (χ3n) is 12.3. The smallest absolute Gasteiger partial charge is 0.0702 e. The van der Waals surface area contributed by atoms with E-state index < -0.39 is 0 Å². The quantitative estimate of drug-likeness (QED) is 0.116. The van der Waals surface area contributed by atoms with Crippen LogP contribution in [0.3, 0.4) is 0 Å². The van der Waals surface area contributed by atoms with Gasteiger partial charge in [0.25, 0.3) is 0 Å². The molecular weight excluding hydrogens is 775 g/mol. The average Bonchev–Trinajstić information content (AvgIpc) is 3.36. The number of allylic oxidation sites excluding steroid dienone is 4. The summed E-state index contributed by atoms with van der Waals surface area (Å²) in [6.45, 7) is 11.4. The molecule has 0 spiro atoms. The van der Waals surface area contributed by atoms with Gasteiger partial charge < -0.3 is 5.32 Å². The molecule has 0 aliphatic carbocycles. The summed E-state index contributed by atoms with van der Waals surface area (Å²) < 4.78 is 0. The summed E-state index contributed by atoms with van der Waals surface area (Å²) in [5.41, 5.74) is 16.0. The van der Waals surface area contributed by atoms with Crippen molar-refractivity contribution in [3.63, 3.8) is 0 Å². The SMILES string of the molecule is C=C/C=C(\C=C)c1cccc(NC)c1C=C.c1cnc2ccc(-c3ccc(-c4ccc5ccc6c(-c7ccc(-c8cnc9ccccc9c8)cc7)ccc7ccc4c5c76)cc3)cc2c1. The first-order valence-electron chi connectivity index (χ1n) is 21.6. The summed E-state index contributed by atoms with van der Waals surface area (Å²) in [7, 11) is 1.90. The molecule has 3 nitrogen and oxygen atoms in total. The molecule has 0 saturated carbocycles. The van der Waals surface area contributed by atoms with Gasteiger partial charge in [0, 0.05) is 47.0 Å². The second-order valence-electron chi connectivity index (χ2n) is 15.9. The van der Waals surface area contributed by atoms with E-state index in [4.69, 9.17) is 0 Å². The molecule has 11 aromatic rings. The van der Waals surface area contributed by atoms with Crippen LogP contribution >= 0.6 is 0 Å². The van der Waals surface area contributed by atoms with Crippen LogP contribution < -0.4 is 5.32 Å². The van der Waals surface area contributed by atoms with Gasteiger partial charge in [-0.25, -0.2) is 0 Å².